The first-order valence-corrected chi connectivity index (χ1v) is 6.06. The second-order valence-corrected chi connectivity index (χ2v) is 4.41. The maximum atomic E-state index is 10.7. The number of hydrogen-bond donors (Lipinski definition) is 2. The van der Waals surface area contributed by atoms with Gasteiger partial charge in [-0.25, -0.2) is 4.79 Å². The van der Waals surface area contributed by atoms with E-state index < -0.39 is 5.97 Å². The number of nitrogens with zero attached hydrogens (tertiary/aromatic N) is 2. The minimum atomic E-state index is -1.03. The third-order valence-electron chi connectivity index (χ3n) is 3.13. The van der Waals surface area contributed by atoms with Gasteiger partial charge in [-0.3, -0.25) is 9.80 Å². The summed E-state index contributed by atoms with van der Waals surface area (Å²) in [5.74, 6) is -0.360. The molecule has 0 bridgehead atoms. The number of piperazine rings is 1. The first-order valence-electron chi connectivity index (χ1n) is 6.06. The number of β-amino-alcohol motifs (C(OH)–C–C–N with tert-alkyl or cyclic N) is 1. The van der Waals surface area contributed by atoms with Crippen LogP contribution in [0.1, 0.15) is 16.3 Å². The molecule has 0 spiro atoms. The fourth-order valence-corrected chi connectivity index (χ4v) is 2.11. The molecular formula is C12H18N2O4. The van der Waals surface area contributed by atoms with Gasteiger partial charge in [0.1, 0.15) is 5.76 Å². The minimum Gasteiger partial charge on any atom is -0.475 e. The molecule has 6 nitrogen and oxygen atoms in total. The summed E-state index contributed by atoms with van der Waals surface area (Å²) in [5, 5.41) is 17.6. The van der Waals surface area contributed by atoms with Crippen LogP contribution in [0.5, 0.6) is 0 Å². The fourth-order valence-electron chi connectivity index (χ4n) is 2.11. The topological polar surface area (TPSA) is 77.2 Å². The Morgan fingerprint density at radius 2 is 1.89 bits per heavy atom. The molecule has 0 atom stereocenters. The number of hydrogen-bond acceptors (Lipinski definition) is 5. The molecule has 1 aromatic rings. The van der Waals surface area contributed by atoms with E-state index in [0.717, 1.165) is 32.7 Å². The number of carboxylic acids is 1. The van der Waals surface area contributed by atoms with E-state index in [1.165, 1.54) is 6.07 Å². The Hall–Kier alpha value is -1.37. The zero-order chi connectivity index (χ0) is 13.0. The number of furan rings is 1. The SMILES string of the molecule is O=C(O)c1ccc(CN2CCN(CCO)CC2)o1. The molecule has 1 fully saturated rings. The first kappa shape index (κ1) is 13.1. The number of carboxylic acid groups (broad SMARTS) is 1. The summed E-state index contributed by atoms with van der Waals surface area (Å²) in [6, 6.07) is 3.20. The van der Waals surface area contributed by atoms with E-state index in [-0.39, 0.29) is 12.4 Å². The molecule has 0 amide bonds. The largest absolute Gasteiger partial charge is 0.475 e. The monoisotopic (exact) mass is 254 g/mol. The lowest BCUT2D eigenvalue weighted by Crippen LogP contribution is -2.46. The predicted octanol–water partition coefficient (Wildman–Crippen LogP) is 0.0877. The van der Waals surface area contributed by atoms with Crippen molar-refractivity contribution < 1.29 is 19.4 Å². The first-order chi connectivity index (χ1) is 8.69. The Balaban J connectivity index is 1.82. The van der Waals surface area contributed by atoms with Crippen molar-refractivity contribution >= 4 is 5.97 Å². The summed E-state index contributed by atoms with van der Waals surface area (Å²) in [6.45, 7) is 5.21. The van der Waals surface area contributed by atoms with Gasteiger partial charge in [0.25, 0.3) is 0 Å². The van der Waals surface area contributed by atoms with Gasteiger partial charge in [0.2, 0.25) is 5.76 Å². The second kappa shape index (κ2) is 5.99. The maximum Gasteiger partial charge on any atom is 0.371 e. The Morgan fingerprint density at radius 1 is 1.22 bits per heavy atom. The number of carbonyl (C=O) groups is 1. The van der Waals surface area contributed by atoms with Crippen molar-refractivity contribution in [3.8, 4) is 0 Å². The van der Waals surface area contributed by atoms with Crippen LogP contribution in [0.2, 0.25) is 0 Å². The maximum absolute atomic E-state index is 10.7. The average Bonchev–Trinajstić information content (AvgIpc) is 2.81. The van der Waals surface area contributed by atoms with Crippen molar-refractivity contribution in [1.29, 1.82) is 0 Å². The lowest BCUT2D eigenvalue weighted by atomic mass is 10.3. The minimum absolute atomic E-state index is 0.0103. The smallest absolute Gasteiger partial charge is 0.371 e. The molecule has 0 saturated carbocycles. The zero-order valence-corrected chi connectivity index (χ0v) is 10.2. The number of aliphatic hydroxyl groups is 1. The van der Waals surface area contributed by atoms with Crippen LogP contribution >= 0.6 is 0 Å². The van der Waals surface area contributed by atoms with Crippen molar-refractivity contribution in [3.63, 3.8) is 0 Å². The molecule has 1 saturated heterocycles. The molecule has 2 rings (SSSR count). The molecule has 0 radical (unpaired) electrons. The van der Waals surface area contributed by atoms with Gasteiger partial charge in [0, 0.05) is 32.7 Å². The molecular weight excluding hydrogens is 236 g/mol. The van der Waals surface area contributed by atoms with Crippen molar-refractivity contribution in [2.75, 3.05) is 39.3 Å². The van der Waals surface area contributed by atoms with E-state index in [4.69, 9.17) is 14.6 Å². The highest BCUT2D eigenvalue weighted by molar-refractivity contribution is 5.84. The van der Waals surface area contributed by atoms with Crippen LogP contribution in [0, 0.1) is 0 Å². The molecule has 0 aromatic carbocycles. The lowest BCUT2D eigenvalue weighted by Gasteiger charge is -2.33. The molecule has 0 aliphatic carbocycles. The van der Waals surface area contributed by atoms with Crippen LogP contribution in [-0.4, -0.2) is 65.3 Å². The van der Waals surface area contributed by atoms with Gasteiger partial charge in [-0.2, -0.15) is 0 Å². The summed E-state index contributed by atoms with van der Waals surface area (Å²) >= 11 is 0. The fraction of sp³-hybridized carbons (Fsp3) is 0.583. The molecule has 2 heterocycles. The Labute approximate surface area is 105 Å². The van der Waals surface area contributed by atoms with E-state index in [2.05, 4.69) is 9.80 Å². The van der Waals surface area contributed by atoms with E-state index in [1.54, 1.807) is 6.07 Å². The Kier molecular flexibility index (Phi) is 4.35. The summed E-state index contributed by atoms with van der Waals surface area (Å²) < 4.78 is 5.23. The molecule has 6 heteroatoms. The van der Waals surface area contributed by atoms with Gasteiger partial charge < -0.3 is 14.6 Å². The molecule has 1 aliphatic rings. The summed E-state index contributed by atoms with van der Waals surface area (Å²) in [6.07, 6.45) is 0. The van der Waals surface area contributed by atoms with Gasteiger partial charge >= 0.3 is 5.97 Å². The van der Waals surface area contributed by atoms with Crippen molar-refractivity contribution in [3.05, 3.63) is 23.7 Å². The second-order valence-electron chi connectivity index (χ2n) is 4.41. The zero-order valence-electron chi connectivity index (χ0n) is 10.2. The Bertz CT molecular complexity index is 397. The highest BCUT2D eigenvalue weighted by atomic mass is 16.4. The van der Waals surface area contributed by atoms with Gasteiger partial charge in [0.05, 0.1) is 13.2 Å². The summed E-state index contributed by atoms with van der Waals surface area (Å²) in [7, 11) is 0. The highest BCUT2D eigenvalue weighted by Gasteiger charge is 2.18. The molecule has 2 N–H and O–H groups in total. The number of aliphatic hydroxyl groups excluding tert-OH is 1. The van der Waals surface area contributed by atoms with Crippen LogP contribution in [0.25, 0.3) is 0 Å². The van der Waals surface area contributed by atoms with Crippen LogP contribution < -0.4 is 0 Å². The molecule has 18 heavy (non-hydrogen) atoms. The van der Waals surface area contributed by atoms with E-state index in [0.29, 0.717) is 12.3 Å². The standard InChI is InChI=1S/C12H18N2O4/c15-8-7-13-3-5-14(6-4-13)9-10-1-2-11(18-10)12(16)17/h1-2,15H,3-9H2,(H,16,17). The summed E-state index contributed by atoms with van der Waals surface area (Å²) in [4.78, 5) is 15.1. The van der Waals surface area contributed by atoms with Crippen LogP contribution in [0.3, 0.4) is 0 Å². The number of aromatic carboxylic acids is 1. The third-order valence-corrected chi connectivity index (χ3v) is 3.13. The summed E-state index contributed by atoms with van der Waals surface area (Å²) in [5.41, 5.74) is 0. The normalized spacial score (nSPS) is 18.1. The molecule has 1 aromatic heterocycles. The van der Waals surface area contributed by atoms with Crippen molar-refractivity contribution in [2.45, 2.75) is 6.54 Å². The molecule has 0 unspecified atom stereocenters. The van der Waals surface area contributed by atoms with Crippen LogP contribution in [0.15, 0.2) is 16.5 Å². The molecule has 100 valence electrons. The molecule has 1 aliphatic heterocycles. The predicted molar refractivity (Wildman–Crippen MR) is 64.5 cm³/mol. The van der Waals surface area contributed by atoms with Gasteiger partial charge in [-0.1, -0.05) is 0 Å². The third kappa shape index (κ3) is 3.32. The van der Waals surface area contributed by atoms with Crippen molar-refractivity contribution in [2.24, 2.45) is 0 Å². The Morgan fingerprint density at radius 3 is 2.44 bits per heavy atom. The van der Waals surface area contributed by atoms with Crippen LogP contribution in [0.4, 0.5) is 0 Å². The average molecular weight is 254 g/mol. The van der Waals surface area contributed by atoms with E-state index in [9.17, 15) is 4.79 Å². The van der Waals surface area contributed by atoms with Gasteiger partial charge in [0.15, 0.2) is 0 Å². The highest BCUT2D eigenvalue weighted by Crippen LogP contribution is 2.12. The number of rotatable bonds is 5. The van der Waals surface area contributed by atoms with Gasteiger partial charge in [-0.05, 0) is 12.1 Å². The van der Waals surface area contributed by atoms with Crippen LogP contribution in [-0.2, 0) is 6.54 Å². The van der Waals surface area contributed by atoms with E-state index in [1.807, 2.05) is 0 Å². The quantitative estimate of drug-likeness (QED) is 0.775. The van der Waals surface area contributed by atoms with E-state index >= 15 is 0 Å². The lowest BCUT2D eigenvalue weighted by molar-refractivity contribution is 0.0655. The van der Waals surface area contributed by atoms with Crippen molar-refractivity contribution in [1.82, 2.24) is 9.80 Å². The van der Waals surface area contributed by atoms with Gasteiger partial charge in [-0.15, -0.1) is 0 Å².